The third-order valence-corrected chi connectivity index (χ3v) is 11.0. The van der Waals surface area contributed by atoms with Crippen molar-refractivity contribution in [1.82, 2.24) is 9.89 Å². The molecule has 6 rings (SSSR count). The zero-order valence-corrected chi connectivity index (χ0v) is 33.2. The van der Waals surface area contributed by atoms with E-state index >= 15 is 0 Å². The van der Waals surface area contributed by atoms with E-state index in [2.05, 4.69) is 66.8 Å². The topological polar surface area (TPSA) is 213 Å². The Bertz CT molecular complexity index is 2030. The maximum atomic E-state index is 14.0. The number of aliphatic hydroxyl groups is 5. The van der Waals surface area contributed by atoms with Crippen LogP contribution >= 0.6 is 0 Å². The van der Waals surface area contributed by atoms with E-state index in [1.807, 2.05) is 24.3 Å². The van der Waals surface area contributed by atoms with Gasteiger partial charge in [-0.3, -0.25) is 4.79 Å². The van der Waals surface area contributed by atoms with Gasteiger partial charge < -0.3 is 64.8 Å². The van der Waals surface area contributed by atoms with Gasteiger partial charge in [0.1, 0.15) is 55.0 Å². The smallest absolute Gasteiger partial charge is 0.251 e. The van der Waals surface area contributed by atoms with Crippen LogP contribution in [0.4, 0.5) is 5.69 Å². The number of aliphatic hydroxyl groups excluding tert-OH is 5. The fraction of sp³-hybridized carbons (Fsp3) is 0.524. The molecule has 2 fully saturated rings. The van der Waals surface area contributed by atoms with E-state index in [4.69, 9.17) is 29.1 Å². The number of nitrogens with zero attached hydrogens (tertiary/aromatic N) is 2. The van der Waals surface area contributed by atoms with Crippen LogP contribution in [0.1, 0.15) is 51.4 Å². The molecule has 0 unspecified atom stereocenters. The summed E-state index contributed by atoms with van der Waals surface area (Å²) in [6, 6.07) is 19.7. The molecule has 3 aliphatic heterocycles. The standard InChI is InChI=1S/C42H56N4O11/c1-6-45(7-2)24-14-16-28-30(20-24)54-31-21-25(46(8-3)9-4)15-17-29(31)34(28)26-12-10-11-13-27(26)39(51)44-18-19-53-41-37(36(49)35(48)32(23-47)55-41)56-33-22-42(5,43)38(50)40(52)57-33/h10-17,20-21,32-33,35-38,40-41,47-50,52H,6-9,18-19,22-23,43H2,1-5H3/p+1/t32-,33+,35-,36+,37-,38+,40+,41-,42-/m1/s1. The highest BCUT2D eigenvalue weighted by Gasteiger charge is 2.50. The van der Waals surface area contributed by atoms with Crippen LogP contribution in [0.2, 0.25) is 0 Å². The lowest BCUT2D eigenvalue weighted by atomic mass is 9.89. The Morgan fingerprint density at radius 2 is 1.70 bits per heavy atom. The van der Waals surface area contributed by atoms with Gasteiger partial charge in [0.2, 0.25) is 5.36 Å². The molecule has 1 aliphatic carbocycles. The van der Waals surface area contributed by atoms with Crippen LogP contribution in [-0.4, -0.2) is 132 Å². The van der Waals surface area contributed by atoms with E-state index in [0.29, 0.717) is 22.5 Å². The van der Waals surface area contributed by atoms with Gasteiger partial charge in [-0.05, 0) is 64.4 Å². The van der Waals surface area contributed by atoms with Crippen molar-refractivity contribution in [1.29, 1.82) is 0 Å². The third kappa shape index (κ3) is 8.88. The predicted octanol–water partition coefficient (Wildman–Crippen LogP) is 1.58. The summed E-state index contributed by atoms with van der Waals surface area (Å²) in [7, 11) is 0. The average molecular weight is 794 g/mol. The SMILES string of the molecule is CCN(CC)c1ccc2c(-c3ccccc3C(=O)NCCO[C@@H]3O[C@H](CO)[C@@H](O)[C@H](O)[C@H]3O[C@@H]3C[C@@](C)(N)[C@@H](O)[C@@H](O)O3)c3ccc(=[N+](CC)CC)cc-3oc2c1. The molecule has 3 heterocycles. The molecule has 0 aromatic heterocycles. The third-order valence-electron chi connectivity index (χ3n) is 11.0. The number of hydrogen-bond donors (Lipinski definition) is 7. The lowest BCUT2D eigenvalue weighted by molar-refractivity contribution is -0.363. The van der Waals surface area contributed by atoms with Crippen molar-refractivity contribution in [3.05, 3.63) is 71.6 Å². The second-order valence-electron chi connectivity index (χ2n) is 14.8. The van der Waals surface area contributed by atoms with Crippen LogP contribution in [0, 0.1) is 0 Å². The Kier molecular flexibility index (Phi) is 13.7. The monoisotopic (exact) mass is 793 g/mol. The second-order valence-corrected chi connectivity index (χ2v) is 14.8. The molecule has 1 amide bonds. The van der Waals surface area contributed by atoms with Gasteiger partial charge >= 0.3 is 0 Å². The number of nitrogens with one attached hydrogen (secondary N) is 1. The van der Waals surface area contributed by atoms with E-state index < -0.39 is 61.5 Å². The van der Waals surface area contributed by atoms with Gasteiger partial charge in [-0.15, -0.1) is 0 Å². The molecule has 9 atom stereocenters. The quantitative estimate of drug-likeness (QED) is 0.0550. The zero-order chi connectivity index (χ0) is 41.0. The first kappa shape index (κ1) is 42.6. The van der Waals surface area contributed by atoms with Gasteiger partial charge in [-0.2, -0.15) is 0 Å². The summed E-state index contributed by atoms with van der Waals surface area (Å²) < 4.78 is 31.9. The summed E-state index contributed by atoms with van der Waals surface area (Å²) >= 11 is 0. The van der Waals surface area contributed by atoms with Gasteiger partial charge in [-0.1, -0.05) is 18.2 Å². The molecular weight excluding hydrogens is 736 g/mol. The van der Waals surface area contributed by atoms with Crippen molar-refractivity contribution in [3.8, 4) is 22.5 Å². The molecule has 2 aromatic carbocycles. The Labute approximate surface area is 332 Å². The highest BCUT2D eigenvalue weighted by molar-refractivity contribution is 6.09. The molecular formula is C42H57N4O11+. The normalized spacial score (nSPS) is 27.8. The van der Waals surface area contributed by atoms with E-state index in [0.717, 1.165) is 53.7 Å². The number of amides is 1. The van der Waals surface area contributed by atoms with Crippen LogP contribution < -0.4 is 25.9 Å². The molecule has 2 saturated heterocycles. The average Bonchev–Trinajstić information content (AvgIpc) is 3.20. The summed E-state index contributed by atoms with van der Waals surface area (Å²) in [6.07, 6.45) is -11.3. The highest BCUT2D eigenvalue weighted by atomic mass is 16.8. The molecule has 310 valence electrons. The van der Waals surface area contributed by atoms with Gasteiger partial charge in [0.15, 0.2) is 18.9 Å². The molecule has 15 heteroatoms. The van der Waals surface area contributed by atoms with Crippen LogP contribution in [-0.2, 0) is 18.9 Å². The maximum absolute atomic E-state index is 14.0. The van der Waals surface area contributed by atoms with Gasteiger partial charge in [0.05, 0.1) is 19.3 Å². The van der Waals surface area contributed by atoms with E-state index in [9.17, 15) is 30.3 Å². The minimum Gasteiger partial charge on any atom is -0.456 e. The van der Waals surface area contributed by atoms with Crippen molar-refractivity contribution in [2.45, 2.75) is 96.0 Å². The minimum atomic E-state index is -1.66. The lowest BCUT2D eigenvalue weighted by Gasteiger charge is -2.46. The van der Waals surface area contributed by atoms with Crippen molar-refractivity contribution in [2.24, 2.45) is 5.73 Å². The van der Waals surface area contributed by atoms with E-state index in [1.165, 1.54) is 6.92 Å². The summed E-state index contributed by atoms with van der Waals surface area (Å²) in [5, 5.41) is 56.6. The number of rotatable bonds is 14. The number of fused-ring (bicyclic) bond motifs is 2. The van der Waals surface area contributed by atoms with E-state index in [-0.39, 0.29) is 25.5 Å². The number of hydrogen-bond acceptors (Lipinski definition) is 13. The maximum Gasteiger partial charge on any atom is 0.251 e. The van der Waals surface area contributed by atoms with Crippen molar-refractivity contribution in [3.63, 3.8) is 0 Å². The number of benzene rings is 3. The van der Waals surface area contributed by atoms with Crippen molar-refractivity contribution < 1.29 is 53.7 Å². The van der Waals surface area contributed by atoms with Crippen molar-refractivity contribution >= 4 is 22.6 Å². The molecule has 2 aromatic rings. The fourth-order valence-corrected chi connectivity index (χ4v) is 7.74. The first-order valence-electron chi connectivity index (χ1n) is 19.8. The first-order valence-corrected chi connectivity index (χ1v) is 19.8. The number of anilines is 1. The van der Waals surface area contributed by atoms with Crippen LogP contribution in [0.15, 0.2) is 65.1 Å². The number of nitrogens with two attached hydrogens (primary N) is 1. The predicted molar refractivity (Wildman–Crippen MR) is 213 cm³/mol. The Balaban J connectivity index is 1.26. The number of carbonyl (C=O) groups is 1. The first-order chi connectivity index (χ1) is 27.3. The Hall–Kier alpha value is -4.00. The zero-order valence-electron chi connectivity index (χ0n) is 33.2. The minimum absolute atomic E-state index is 0.0139. The molecule has 0 saturated carbocycles. The summed E-state index contributed by atoms with van der Waals surface area (Å²) in [6.45, 7) is 12.6. The van der Waals surface area contributed by atoms with Crippen LogP contribution in [0.5, 0.6) is 0 Å². The van der Waals surface area contributed by atoms with E-state index in [1.54, 1.807) is 12.1 Å². The molecule has 15 nitrogen and oxygen atoms in total. The molecule has 57 heavy (non-hydrogen) atoms. The molecule has 0 bridgehead atoms. The van der Waals surface area contributed by atoms with Gasteiger partial charge in [-0.25, -0.2) is 4.58 Å². The summed E-state index contributed by atoms with van der Waals surface area (Å²) in [4.78, 5) is 16.3. The number of carbonyl (C=O) groups excluding carboxylic acids is 1. The van der Waals surface area contributed by atoms with Gasteiger partial charge in [0.25, 0.3) is 5.91 Å². The highest BCUT2D eigenvalue weighted by Crippen LogP contribution is 2.42. The largest absolute Gasteiger partial charge is 0.456 e. The fourth-order valence-electron chi connectivity index (χ4n) is 7.74. The lowest BCUT2D eigenvalue weighted by Crippen LogP contribution is -2.64. The molecule has 8 N–H and O–H groups in total. The summed E-state index contributed by atoms with van der Waals surface area (Å²) in [5.74, 6) is 0.336. The molecule has 4 aliphatic rings. The number of ether oxygens (including phenoxy) is 4. The molecule has 0 radical (unpaired) electrons. The Morgan fingerprint density at radius 1 is 0.965 bits per heavy atom. The van der Waals surface area contributed by atoms with Gasteiger partial charge in [0, 0.05) is 71.5 Å². The van der Waals surface area contributed by atoms with Crippen LogP contribution in [0.25, 0.3) is 33.4 Å². The van der Waals surface area contributed by atoms with Crippen molar-refractivity contribution in [2.75, 3.05) is 50.8 Å². The Morgan fingerprint density at radius 3 is 2.39 bits per heavy atom. The second kappa shape index (κ2) is 18.3. The van der Waals surface area contributed by atoms with Crippen LogP contribution in [0.3, 0.4) is 0 Å². The molecule has 0 spiro atoms. The summed E-state index contributed by atoms with van der Waals surface area (Å²) in [5.41, 5.74) is 9.46.